The first-order valence-electron chi connectivity index (χ1n) is 6.99. The molecule has 5 heteroatoms. The van der Waals surface area contributed by atoms with Crippen LogP contribution in [0.15, 0.2) is 4.52 Å². The molecule has 5 nitrogen and oxygen atoms in total. The van der Waals surface area contributed by atoms with Gasteiger partial charge in [0.25, 0.3) is 0 Å². The normalized spacial score (nSPS) is 11.9. The van der Waals surface area contributed by atoms with Crippen molar-refractivity contribution < 1.29 is 9.32 Å². The lowest BCUT2D eigenvalue weighted by Gasteiger charge is -2.12. The average Bonchev–Trinajstić information content (AvgIpc) is 2.79. The van der Waals surface area contributed by atoms with Gasteiger partial charge >= 0.3 is 0 Å². The molecular formula is C14H25N3O2. The Morgan fingerprint density at radius 3 is 2.42 bits per heavy atom. The van der Waals surface area contributed by atoms with E-state index in [2.05, 4.69) is 15.5 Å². The second-order valence-corrected chi connectivity index (χ2v) is 5.82. The third-order valence-corrected chi connectivity index (χ3v) is 3.11. The van der Waals surface area contributed by atoms with E-state index < -0.39 is 0 Å². The highest BCUT2D eigenvalue weighted by Gasteiger charge is 2.21. The van der Waals surface area contributed by atoms with E-state index in [0.29, 0.717) is 24.7 Å². The van der Waals surface area contributed by atoms with E-state index in [1.165, 1.54) is 0 Å². The summed E-state index contributed by atoms with van der Waals surface area (Å²) in [6, 6.07) is 0. The number of hydrogen-bond acceptors (Lipinski definition) is 4. The third-order valence-electron chi connectivity index (χ3n) is 3.11. The molecular weight excluding hydrogens is 242 g/mol. The predicted molar refractivity (Wildman–Crippen MR) is 73.8 cm³/mol. The van der Waals surface area contributed by atoms with E-state index in [-0.39, 0.29) is 17.2 Å². The fourth-order valence-corrected chi connectivity index (χ4v) is 1.76. The fraction of sp³-hybridized carbons (Fsp3) is 0.786. The van der Waals surface area contributed by atoms with Crippen LogP contribution in [-0.2, 0) is 16.6 Å². The van der Waals surface area contributed by atoms with E-state index in [1.54, 1.807) is 0 Å². The molecule has 19 heavy (non-hydrogen) atoms. The number of nitrogens with zero attached hydrogens (tertiary/aromatic N) is 2. The molecule has 1 aromatic rings. The molecule has 108 valence electrons. The Hall–Kier alpha value is -1.39. The number of aromatic nitrogens is 2. The Morgan fingerprint density at radius 1 is 1.32 bits per heavy atom. The lowest BCUT2D eigenvalue weighted by atomic mass is 9.97. The minimum atomic E-state index is -0.135. The molecule has 0 saturated carbocycles. The van der Waals surface area contributed by atoms with Crippen LogP contribution in [0.25, 0.3) is 0 Å². The van der Waals surface area contributed by atoms with Crippen molar-refractivity contribution in [1.29, 1.82) is 0 Å². The molecule has 0 radical (unpaired) electrons. The highest BCUT2D eigenvalue weighted by atomic mass is 16.5. The summed E-state index contributed by atoms with van der Waals surface area (Å²) in [5.74, 6) is 1.50. The zero-order valence-corrected chi connectivity index (χ0v) is 12.6. The van der Waals surface area contributed by atoms with Crippen LogP contribution >= 0.6 is 0 Å². The van der Waals surface area contributed by atoms with Crippen molar-refractivity contribution in [2.45, 2.75) is 59.3 Å². The Kier molecular flexibility index (Phi) is 5.51. The Balaban J connectivity index is 2.41. The molecule has 1 aromatic heterocycles. The summed E-state index contributed by atoms with van der Waals surface area (Å²) in [7, 11) is 0. The van der Waals surface area contributed by atoms with Gasteiger partial charge in [-0.3, -0.25) is 4.79 Å². The summed E-state index contributed by atoms with van der Waals surface area (Å²) in [5, 5.41) is 6.85. The van der Waals surface area contributed by atoms with Gasteiger partial charge in [0.2, 0.25) is 11.8 Å². The average molecular weight is 267 g/mol. The minimum absolute atomic E-state index is 0.107. The molecule has 1 rings (SSSR count). The van der Waals surface area contributed by atoms with Crippen molar-refractivity contribution in [3.63, 3.8) is 0 Å². The summed E-state index contributed by atoms with van der Waals surface area (Å²) in [5.41, 5.74) is -0.135. The van der Waals surface area contributed by atoms with Crippen LogP contribution in [0.5, 0.6) is 0 Å². The van der Waals surface area contributed by atoms with Crippen molar-refractivity contribution in [1.82, 2.24) is 15.5 Å². The van der Waals surface area contributed by atoms with E-state index in [0.717, 1.165) is 12.8 Å². The van der Waals surface area contributed by atoms with Crippen molar-refractivity contribution in [2.75, 3.05) is 6.54 Å². The molecule has 0 spiro atoms. The number of nitrogens with one attached hydrogen (secondary N) is 1. The quantitative estimate of drug-likeness (QED) is 0.859. The third kappa shape index (κ3) is 4.65. The molecule has 0 unspecified atom stereocenters. The largest absolute Gasteiger partial charge is 0.355 e. The summed E-state index contributed by atoms with van der Waals surface area (Å²) in [6.45, 7) is 10.7. The Bertz CT molecular complexity index is 403. The molecule has 0 saturated heterocycles. The molecule has 1 heterocycles. The minimum Gasteiger partial charge on any atom is -0.355 e. The predicted octanol–water partition coefficient (Wildman–Crippen LogP) is 2.46. The van der Waals surface area contributed by atoms with Crippen LogP contribution in [0.4, 0.5) is 0 Å². The molecule has 0 aliphatic rings. The molecule has 0 fully saturated rings. The summed E-state index contributed by atoms with van der Waals surface area (Å²) < 4.78 is 5.20. The van der Waals surface area contributed by atoms with E-state index in [4.69, 9.17) is 4.52 Å². The van der Waals surface area contributed by atoms with Crippen molar-refractivity contribution in [2.24, 2.45) is 5.92 Å². The number of amides is 1. The number of rotatable bonds is 6. The van der Waals surface area contributed by atoms with Crippen LogP contribution in [0.3, 0.4) is 0 Å². The van der Waals surface area contributed by atoms with Crippen LogP contribution in [0.2, 0.25) is 0 Å². The lowest BCUT2D eigenvalue weighted by Crippen LogP contribution is -2.31. The molecule has 1 amide bonds. The lowest BCUT2D eigenvalue weighted by molar-refractivity contribution is -0.125. The number of carbonyl (C=O) groups excluding carboxylic acids is 1. The maximum absolute atomic E-state index is 11.8. The Labute approximate surface area is 115 Å². The number of carbonyl (C=O) groups is 1. The molecule has 0 aliphatic carbocycles. The summed E-state index contributed by atoms with van der Waals surface area (Å²) in [6.07, 6.45) is 2.35. The van der Waals surface area contributed by atoms with Crippen LogP contribution in [-0.4, -0.2) is 22.6 Å². The topological polar surface area (TPSA) is 68.0 Å². The monoisotopic (exact) mass is 267 g/mol. The molecule has 0 bridgehead atoms. The molecule has 0 aliphatic heterocycles. The van der Waals surface area contributed by atoms with Gasteiger partial charge in [-0.25, -0.2) is 0 Å². The van der Waals surface area contributed by atoms with Crippen molar-refractivity contribution in [3.05, 3.63) is 11.7 Å². The zero-order chi connectivity index (χ0) is 14.5. The van der Waals surface area contributed by atoms with Gasteiger partial charge in [-0.1, -0.05) is 39.8 Å². The van der Waals surface area contributed by atoms with Crippen LogP contribution in [0, 0.1) is 5.92 Å². The highest BCUT2D eigenvalue weighted by molar-refractivity contribution is 5.78. The van der Waals surface area contributed by atoms with Gasteiger partial charge in [-0.05, 0) is 12.8 Å². The van der Waals surface area contributed by atoms with Crippen molar-refractivity contribution in [3.8, 4) is 0 Å². The second kappa shape index (κ2) is 6.68. The first-order valence-corrected chi connectivity index (χ1v) is 6.99. The van der Waals surface area contributed by atoms with Gasteiger partial charge in [-0.15, -0.1) is 0 Å². The van der Waals surface area contributed by atoms with Crippen molar-refractivity contribution >= 4 is 5.91 Å². The summed E-state index contributed by atoms with van der Waals surface area (Å²) in [4.78, 5) is 16.1. The van der Waals surface area contributed by atoms with E-state index >= 15 is 0 Å². The van der Waals surface area contributed by atoms with E-state index in [9.17, 15) is 4.79 Å². The second-order valence-electron chi connectivity index (χ2n) is 5.82. The van der Waals surface area contributed by atoms with Gasteiger partial charge in [0.05, 0.1) is 0 Å². The standard InChI is InChI=1S/C14H25N3O2/c1-6-10(7-2)12(18)15-9-8-11-16-13(19-17-11)14(3,4)5/h10H,6-9H2,1-5H3,(H,15,18). The smallest absolute Gasteiger partial charge is 0.232 e. The zero-order valence-electron chi connectivity index (χ0n) is 12.6. The maximum atomic E-state index is 11.8. The van der Waals surface area contributed by atoms with Gasteiger partial charge in [0.15, 0.2) is 5.82 Å². The van der Waals surface area contributed by atoms with Gasteiger partial charge in [-0.2, -0.15) is 4.98 Å². The van der Waals surface area contributed by atoms with Gasteiger partial charge in [0, 0.05) is 24.3 Å². The summed E-state index contributed by atoms with van der Waals surface area (Å²) >= 11 is 0. The SMILES string of the molecule is CCC(CC)C(=O)NCCc1noc(C(C)(C)C)n1. The number of hydrogen-bond donors (Lipinski definition) is 1. The molecule has 1 N–H and O–H groups in total. The molecule has 0 aromatic carbocycles. The first-order chi connectivity index (χ1) is 8.88. The van der Waals surface area contributed by atoms with Crippen LogP contribution in [0.1, 0.15) is 59.2 Å². The Morgan fingerprint density at radius 2 is 1.95 bits per heavy atom. The molecule has 0 atom stereocenters. The fourth-order valence-electron chi connectivity index (χ4n) is 1.76. The van der Waals surface area contributed by atoms with E-state index in [1.807, 2.05) is 34.6 Å². The maximum Gasteiger partial charge on any atom is 0.232 e. The van der Waals surface area contributed by atoms with Gasteiger partial charge in [0.1, 0.15) is 0 Å². The first kappa shape index (κ1) is 15.7. The van der Waals surface area contributed by atoms with Crippen LogP contribution < -0.4 is 5.32 Å². The highest BCUT2D eigenvalue weighted by Crippen LogP contribution is 2.19. The van der Waals surface area contributed by atoms with Gasteiger partial charge < -0.3 is 9.84 Å².